The van der Waals surface area contributed by atoms with Gasteiger partial charge in [-0.3, -0.25) is 4.79 Å². The predicted octanol–water partition coefficient (Wildman–Crippen LogP) is 3.23. The SMILES string of the molecule is COCCC1(C(=O)N2CC3CC4CC(C3)CC2C4)CCC1. The Kier molecular flexibility index (Phi) is 3.52. The molecule has 2 aliphatic heterocycles. The fourth-order valence-electron chi connectivity index (χ4n) is 5.81. The number of fused-ring (bicyclic) bond motifs is 1. The van der Waals surface area contributed by atoms with E-state index in [2.05, 4.69) is 4.90 Å². The third-order valence-corrected chi connectivity index (χ3v) is 6.92. The summed E-state index contributed by atoms with van der Waals surface area (Å²) in [5, 5.41) is 0. The molecule has 5 aliphatic rings. The Morgan fingerprint density at radius 2 is 1.76 bits per heavy atom. The topological polar surface area (TPSA) is 29.5 Å². The van der Waals surface area contributed by atoms with Gasteiger partial charge in [0.15, 0.2) is 0 Å². The van der Waals surface area contributed by atoms with E-state index < -0.39 is 0 Å². The molecule has 0 aromatic rings. The molecule has 1 amide bonds. The van der Waals surface area contributed by atoms with Gasteiger partial charge in [-0.1, -0.05) is 6.42 Å². The number of methoxy groups -OCH3 is 1. The van der Waals surface area contributed by atoms with E-state index in [0.29, 0.717) is 11.9 Å². The summed E-state index contributed by atoms with van der Waals surface area (Å²) in [6.07, 6.45) is 11.2. The van der Waals surface area contributed by atoms with Crippen molar-refractivity contribution in [2.45, 2.75) is 63.8 Å². The summed E-state index contributed by atoms with van der Waals surface area (Å²) in [5.41, 5.74) is -0.0579. The molecule has 0 radical (unpaired) electrons. The second-order valence-electron chi connectivity index (χ2n) is 8.26. The highest BCUT2D eigenvalue weighted by atomic mass is 16.5. The average Bonchev–Trinajstić information content (AvgIpc) is 2.61. The van der Waals surface area contributed by atoms with Crippen LogP contribution in [0.5, 0.6) is 0 Å². The molecule has 2 heterocycles. The van der Waals surface area contributed by atoms with E-state index in [0.717, 1.165) is 50.2 Å². The summed E-state index contributed by atoms with van der Waals surface area (Å²) in [6.45, 7) is 1.80. The maximum absolute atomic E-state index is 13.3. The summed E-state index contributed by atoms with van der Waals surface area (Å²) in [7, 11) is 1.75. The minimum atomic E-state index is -0.0579. The lowest BCUT2D eigenvalue weighted by Gasteiger charge is -2.46. The molecule has 5 fully saturated rings. The molecule has 3 heteroatoms. The fraction of sp³-hybridized carbons (Fsp3) is 0.944. The van der Waals surface area contributed by atoms with Crippen LogP contribution in [0.2, 0.25) is 0 Å². The molecule has 0 aromatic heterocycles. The van der Waals surface area contributed by atoms with Crippen molar-refractivity contribution in [3.63, 3.8) is 0 Å². The van der Waals surface area contributed by atoms with Gasteiger partial charge in [-0.15, -0.1) is 0 Å². The Hall–Kier alpha value is -0.570. The molecule has 2 saturated heterocycles. The lowest BCUT2D eigenvalue weighted by molar-refractivity contribution is -0.152. The van der Waals surface area contributed by atoms with Crippen LogP contribution in [0.3, 0.4) is 0 Å². The second-order valence-corrected chi connectivity index (χ2v) is 8.26. The summed E-state index contributed by atoms with van der Waals surface area (Å²) in [5.74, 6) is 3.12. The molecule has 118 valence electrons. The molecule has 3 aliphatic carbocycles. The first kappa shape index (κ1) is 14.0. The van der Waals surface area contributed by atoms with Crippen LogP contribution in [-0.2, 0) is 9.53 Å². The molecule has 0 N–H and O–H groups in total. The van der Waals surface area contributed by atoms with Gasteiger partial charge >= 0.3 is 0 Å². The van der Waals surface area contributed by atoms with Crippen molar-refractivity contribution in [3.05, 3.63) is 0 Å². The average molecular weight is 291 g/mol. The number of carbonyl (C=O) groups is 1. The maximum atomic E-state index is 13.3. The van der Waals surface area contributed by atoms with Crippen LogP contribution in [-0.4, -0.2) is 37.1 Å². The maximum Gasteiger partial charge on any atom is 0.229 e. The standard InChI is InChI=1S/C18H29NO2/c1-21-6-5-18(3-2-4-18)17(20)19-12-15-8-13-7-14(9-15)11-16(19)10-13/h13-16H,2-12H2,1H3. The van der Waals surface area contributed by atoms with Crippen molar-refractivity contribution in [1.82, 2.24) is 4.90 Å². The van der Waals surface area contributed by atoms with Crippen LogP contribution in [0.1, 0.15) is 57.8 Å². The highest BCUT2D eigenvalue weighted by Gasteiger charge is 2.50. The van der Waals surface area contributed by atoms with E-state index in [1.54, 1.807) is 7.11 Å². The first-order valence-corrected chi connectivity index (χ1v) is 9.00. The van der Waals surface area contributed by atoms with Crippen molar-refractivity contribution in [3.8, 4) is 0 Å². The van der Waals surface area contributed by atoms with E-state index in [9.17, 15) is 4.79 Å². The number of carbonyl (C=O) groups excluding carboxylic acids is 1. The zero-order valence-corrected chi connectivity index (χ0v) is 13.4. The van der Waals surface area contributed by atoms with Crippen molar-refractivity contribution in [1.29, 1.82) is 0 Å². The molecule has 4 bridgehead atoms. The number of hydrogen-bond donors (Lipinski definition) is 0. The largest absolute Gasteiger partial charge is 0.385 e. The number of rotatable bonds is 4. The van der Waals surface area contributed by atoms with E-state index in [1.165, 1.54) is 38.5 Å². The highest BCUT2D eigenvalue weighted by molar-refractivity contribution is 5.84. The Morgan fingerprint density at radius 3 is 2.33 bits per heavy atom. The zero-order chi connectivity index (χ0) is 14.4. The highest BCUT2D eigenvalue weighted by Crippen LogP contribution is 2.51. The van der Waals surface area contributed by atoms with Crippen LogP contribution in [0, 0.1) is 23.2 Å². The number of ether oxygens (including phenoxy) is 1. The Morgan fingerprint density at radius 1 is 1.10 bits per heavy atom. The summed E-state index contributed by atoms with van der Waals surface area (Å²) >= 11 is 0. The normalized spacial score (nSPS) is 40.0. The van der Waals surface area contributed by atoms with E-state index in [4.69, 9.17) is 4.74 Å². The van der Waals surface area contributed by atoms with Crippen molar-refractivity contribution >= 4 is 5.91 Å². The van der Waals surface area contributed by atoms with Crippen molar-refractivity contribution < 1.29 is 9.53 Å². The van der Waals surface area contributed by atoms with E-state index in [1.807, 2.05) is 0 Å². The van der Waals surface area contributed by atoms with Gasteiger partial charge in [-0.25, -0.2) is 0 Å². The Bertz CT molecular complexity index is 403. The molecule has 3 saturated carbocycles. The quantitative estimate of drug-likeness (QED) is 0.796. The molecule has 3 nitrogen and oxygen atoms in total. The van der Waals surface area contributed by atoms with Gasteiger partial charge in [0.2, 0.25) is 5.91 Å². The lowest BCUT2D eigenvalue weighted by Crippen LogP contribution is -2.52. The van der Waals surface area contributed by atoms with Crippen molar-refractivity contribution in [2.24, 2.45) is 23.2 Å². The van der Waals surface area contributed by atoms with Gasteiger partial charge in [0.1, 0.15) is 0 Å². The molecular formula is C18H29NO2. The second kappa shape index (κ2) is 5.26. The lowest BCUT2D eigenvalue weighted by atomic mass is 9.65. The fourth-order valence-corrected chi connectivity index (χ4v) is 5.81. The van der Waals surface area contributed by atoms with Crippen molar-refractivity contribution in [2.75, 3.05) is 20.3 Å². The van der Waals surface area contributed by atoms with Crippen LogP contribution < -0.4 is 0 Å². The van der Waals surface area contributed by atoms with Gasteiger partial charge in [0.05, 0.1) is 5.41 Å². The van der Waals surface area contributed by atoms with Gasteiger partial charge in [0.25, 0.3) is 0 Å². The zero-order valence-electron chi connectivity index (χ0n) is 13.4. The van der Waals surface area contributed by atoms with E-state index in [-0.39, 0.29) is 5.41 Å². The predicted molar refractivity (Wildman–Crippen MR) is 81.8 cm³/mol. The van der Waals surface area contributed by atoms with Crippen LogP contribution >= 0.6 is 0 Å². The van der Waals surface area contributed by atoms with Crippen LogP contribution in [0.4, 0.5) is 0 Å². The minimum Gasteiger partial charge on any atom is -0.385 e. The molecule has 2 unspecified atom stereocenters. The van der Waals surface area contributed by atoms with Crippen LogP contribution in [0.25, 0.3) is 0 Å². The molecule has 0 spiro atoms. The smallest absolute Gasteiger partial charge is 0.229 e. The number of amides is 1. The van der Waals surface area contributed by atoms with E-state index >= 15 is 0 Å². The third-order valence-electron chi connectivity index (χ3n) is 6.92. The molecule has 5 rings (SSSR count). The minimum absolute atomic E-state index is 0.0579. The first-order valence-electron chi connectivity index (χ1n) is 9.00. The number of nitrogens with zero attached hydrogens (tertiary/aromatic N) is 1. The third kappa shape index (κ3) is 2.32. The van der Waals surface area contributed by atoms with Gasteiger partial charge < -0.3 is 9.64 Å². The summed E-state index contributed by atoms with van der Waals surface area (Å²) < 4.78 is 5.28. The molecular weight excluding hydrogens is 262 g/mol. The van der Waals surface area contributed by atoms with Crippen LogP contribution in [0.15, 0.2) is 0 Å². The van der Waals surface area contributed by atoms with Gasteiger partial charge in [0, 0.05) is 26.3 Å². The van der Waals surface area contributed by atoms with Gasteiger partial charge in [-0.05, 0) is 69.1 Å². The Labute approximate surface area is 128 Å². The summed E-state index contributed by atoms with van der Waals surface area (Å²) in [6, 6.07) is 0.564. The monoisotopic (exact) mass is 291 g/mol. The molecule has 0 aromatic carbocycles. The summed E-state index contributed by atoms with van der Waals surface area (Å²) in [4.78, 5) is 15.6. The molecule has 2 atom stereocenters. The Balaban J connectivity index is 1.53. The molecule has 21 heavy (non-hydrogen) atoms. The number of hydrogen-bond acceptors (Lipinski definition) is 2. The van der Waals surface area contributed by atoms with Gasteiger partial charge in [-0.2, -0.15) is 0 Å². The first-order chi connectivity index (χ1) is 10.2.